The largest absolute Gasteiger partial charge is 0.367 e. The zero-order chi connectivity index (χ0) is 14.7. The van der Waals surface area contributed by atoms with Crippen molar-refractivity contribution in [1.82, 2.24) is 9.97 Å². The molecule has 1 aliphatic rings. The van der Waals surface area contributed by atoms with Crippen LogP contribution in [-0.4, -0.2) is 16.0 Å². The molecule has 1 aliphatic carbocycles. The maximum absolute atomic E-state index is 5.58. The Morgan fingerprint density at radius 2 is 1.80 bits per heavy atom. The molecule has 1 aromatic rings. The lowest BCUT2D eigenvalue weighted by molar-refractivity contribution is 0.349. The van der Waals surface area contributed by atoms with Crippen LogP contribution in [0.5, 0.6) is 0 Å². The molecule has 2 rings (SSSR count). The third-order valence-corrected chi connectivity index (χ3v) is 4.25. The molecule has 1 heterocycles. The third-order valence-electron chi connectivity index (χ3n) is 4.25. The van der Waals surface area contributed by atoms with E-state index in [0.29, 0.717) is 12.0 Å². The molecule has 0 saturated heterocycles. The molecule has 2 unspecified atom stereocenters. The molecule has 5 heteroatoms. The number of hydrogen-bond acceptors (Lipinski definition) is 5. The molecular formula is C15H27N5. The maximum atomic E-state index is 5.58. The van der Waals surface area contributed by atoms with Crippen LogP contribution in [0.25, 0.3) is 0 Å². The van der Waals surface area contributed by atoms with E-state index in [-0.39, 0.29) is 5.92 Å². The highest BCUT2D eigenvalue weighted by molar-refractivity contribution is 5.57. The van der Waals surface area contributed by atoms with Crippen LogP contribution in [0.4, 0.5) is 11.6 Å². The highest BCUT2D eigenvalue weighted by Crippen LogP contribution is 2.29. The van der Waals surface area contributed by atoms with E-state index in [1.165, 1.54) is 25.7 Å². The summed E-state index contributed by atoms with van der Waals surface area (Å²) in [5.74, 6) is 9.03. The normalized spacial score (nSPS) is 22.9. The average Bonchev–Trinajstić information content (AvgIpc) is 2.43. The molecule has 0 bridgehead atoms. The van der Waals surface area contributed by atoms with Crippen molar-refractivity contribution in [2.75, 3.05) is 10.7 Å². The van der Waals surface area contributed by atoms with Crippen molar-refractivity contribution in [2.24, 2.45) is 11.8 Å². The summed E-state index contributed by atoms with van der Waals surface area (Å²) < 4.78 is 0. The van der Waals surface area contributed by atoms with Crippen molar-refractivity contribution in [3.05, 3.63) is 11.4 Å². The summed E-state index contributed by atoms with van der Waals surface area (Å²) in [6.45, 7) is 8.52. The van der Waals surface area contributed by atoms with Gasteiger partial charge in [0.15, 0.2) is 0 Å². The predicted molar refractivity (Wildman–Crippen MR) is 83.7 cm³/mol. The van der Waals surface area contributed by atoms with Crippen LogP contribution < -0.4 is 16.6 Å². The van der Waals surface area contributed by atoms with Gasteiger partial charge in [0.2, 0.25) is 0 Å². The molecule has 5 nitrogen and oxygen atoms in total. The topological polar surface area (TPSA) is 75.9 Å². The number of hydrogen-bond donors (Lipinski definition) is 3. The summed E-state index contributed by atoms with van der Waals surface area (Å²) in [5, 5.41) is 3.62. The fraction of sp³-hybridized carbons (Fsp3) is 0.733. The van der Waals surface area contributed by atoms with Gasteiger partial charge in [-0.05, 0) is 25.7 Å². The van der Waals surface area contributed by atoms with Crippen LogP contribution in [0.15, 0.2) is 0 Å². The second-order valence-corrected chi connectivity index (χ2v) is 6.22. The molecule has 0 spiro atoms. The fourth-order valence-corrected chi connectivity index (χ4v) is 2.78. The van der Waals surface area contributed by atoms with Gasteiger partial charge in [0, 0.05) is 17.5 Å². The predicted octanol–water partition coefficient (Wildman–Crippen LogP) is 3.18. The molecule has 0 aromatic carbocycles. The molecular weight excluding hydrogens is 250 g/mol. The highest BCUT2D eigenvalue weighted by atomic mass is 15.3. The first-order chi connectivity index (χ1) is 9.52. The van der Waals surface area contributed by atoms with Crippen molar-refractivity contribution >= 4 is 11.6 Å². The molecule has 4 N–H and O–H groups in total. The van der Waals surface area contributed by atoms with Crippen LogP contribution >= 0.6 is 0 Å². The minimum absolute atomic E-state index is 0.284. The van der Waals surface area contributed by atoms with Gasteiger partial charge < -0.3 is 10.7 Å². The minimum Gasteiger partial charge on any atom is -0.367 e. The Bertz CT molecular complexity index is 458. The van der Waals surface area contributed by atoms with E-state index in [0.717, 1.165) is 23.0 Å². The standard InChI is InChI=1S/C15H27N5/c1-9(2)13-18-14(11(4)15(19-13)20-16)17-12-8-6-5-7-10(12)3/h9-10,12H,5-8,16H2,1-4H3,(H2,17,18,19,20). The van der Waals surface area contributed by atoms with Gasteiger partial charge in [0.05, 0.1) is 0 Å². The number of nitrogens with one attached hydrogen (secondary N) is 2. The van der Waals surface area contributed by atoms with Gasteiger partial charge >= 0.3 is 0 Å². The van der Waals surface area contributed by atoms with E-state index in [2.05, 4.69) is 36.5 Å². The first-order valence-corrected chi connectivity index (χ1v) is 7.64. The molecule has 0 aliphatic heterocycles. The number of hydrazine groups is 1. The van der Waals surface area contributed by atoms with Crippen molar-refractivity contribution in [1.29, 1.82) is 0 Å². The first-order valence-electron chi connectivity index (χ1n) is 7.64. The SMILES string of the molecule is Cc1c(NN)nc(C(C)C)nc1NC1CCCCC1C. The lowest BCUT2D eigenvalue weighted by Crippen LogP contribution is -2.31. The zero-order valence-corrected chi connectivity index (χ0v) is 13.0. The Labute approximate surface area is 121 Å². The number of nitrogen functional groups attached to an aromatic ring is 1. The number of aromatic nitrogens is 2. The van der Waals surface area contributed by atoms with Gasteiger partial charge in [0.25, 0.3) is 0 Å². The van der Waals surface area contributed by atoms with E-state index in [1.807, 2.05) is 6.92 Å². The number of nitrogens with zero attached hydrogens (tertiary/aromatic N) is 2. The third kappa shape index (κ3) is 3.20. The van der Waals surface area contributed by atoms with Gasteiger partial charge in [-0.1, -0.05) is 33.6 Å². The lowest BCUT2D eigenvalue weighted by Gasteiger charge is -2.30. The summed E-state index contributed by atoms with van der Waals surface area (Å²) in [6.07, 6.45) is 5.15. The van der Waals surface area contributed by atoms with Gasteiger partial charge in [-0.3, -0.25) is 0 Å². The van der Waals surface area contributed by atoms with Crippen LogP contribution in [0.1, 0.15) is 63.8 Å². The van der Waals surface area contributed by atoms with E-state index >= 15 is 0 Å². The van der Waals surface area contributed by atoms with E-state index in [9.17, 15) is 0 Å². The Morgan fingerprint density at radius 3 is 2.40 bits per heavy atom. The summed E-state index contributed by atoms with van der Waals surface area (Å²) >= 11 is 0. The number of rotatable bonds is 4. The van der Waals surface area contributed by atoms with Crippen molar-refractivity contribution in [3.8, 4) is 0 Å². The summed E-state index contributed by atoms with van der Waals surface area (Å²) in [7, 11) is 0. The van der Waals surface area contributed by atoms with Crippen LogP contribution in [-0.2, 0) is 0 Å². The van der Waals surface area contributed by atoms with Crippen molar-refractivity contribution in [2.45, 2.75) is 65.3 Å². The molecule has 20 heavy (non-hydrogen) atoms. The summed E-state index contributed by atoms with van der Waals surface area (Å²) in [5.41, 5.74) is 3.68. The highest BCUT2D eigenvalue weighted by Gasteiger charge is 2.23. The molecule has 112 valence electrons. The van der Waals surface area contributed by atoms with Crippen molar-refractivity contribution in [3.63, 3.8) is 0 Å². The van der Waals surface area contributed by atoms with Gasteiger partial charge in [0.1, 0.15) is 17.5 Å². The second-order valence-electron chi connectivity index (χ2n) is 6.22. The molecule has 1 fully saturated rings. The van der Waals surface area contributed by atoms with Gasteiger partial charge in [-0.15, -0.1) is 0 Å². The average molecular weight is 277 g/mol. The zero-order valence-electron chi connectivity index (χ0n) is 13.0. The number of nitrogens with two attached hydrogens (primary N) is 1. The second kappa shape index (κ2) is 6.39. The molecule has 1 aromatic heterocycles. The van der Waals surface area contributed by atoms with Crippen molar-refractivity contribution < 1.29 is 0 Å². The molecule has 2 atom stereocenters. The Morgan fingerprint density at radius 1 is 1.15 bits per heavy atom. The quantitative estimate of drug-likeness (QED) is 0.582. The summed E-state index contributed by atoms with van der Waals surface area (Å²) in [6, 6.07) is 0.503. The smallest absolute Gasteiger partial charge is 0.148 e. The van der Waals surface area contributed by atoms with E-state index in [1.54, 1.807) is 0 Å². The Hall–Kier alpha value is -1.36. The Balaban J connectivity index is 2.27. The van der Waals surface area contributed by atoms with Gasteiger partial charge in [-0.2, -0.15) is 0 Å². The van der Waals surface area contributed by atoms with Crippen LogP contribution in [0.2, 0.25) is 0 Å². The lowest BCUT2D eigenvalue weighted by atomic mass is 9.86. The molecule has 0 radical (unpaired) electrons. The fourth-order valence-electron chi connectivity index (χ4n) is 2.78. The number of anilines is 2. The minimum atomic E-state index is 0.284. The molecule has 1 saturated carbocycles. The van der Waals surface area contributed by atoms with E-state index < -0.39 is 0 Å². The molecule has 0 amide bonds. The van der Waals surface area contributed by atoms with E-state index in [4.69, 9.17) is 10.8 Å². The van der Waals surface area contributed by atoms with Gasteiger partial charge in [-0.25, -0.2) is 15.8 Å². The Kier molecular flexibility index (Phi) is 4.81. The first kappa shape index (κ1) is 15.0. The maximum Gasteiger partial charge on any atom is 0.148 e. The summed E-state index contributed by atoms with van der Waals surface area (Å²) in [4.78, 5) is 9.17. The van der Waals surface area contributed by atoms with Crippen LogP contribution in [0.3, 0.4) is 0 Å². The van der Waals surface area contributed by atoms with Crippen LogP contribution in [0, 0.1) is 12.8 Å². The monoisotopic (exact) mass is 277 g/mol.